The van der Waals surface area contributed by atoms with Crippen LogP contribution in [0.3, 0.4) is 0 Å². The molecule has 0 spiro atoms. The van der Waals surface area contributed by atoms with Crippen molar-refractivity contribution in [3.63, 3.8) is 0 Å². The maximum Gasteiger partial charge on any atom is 0.193 e. The van der Waals surface area contributed by atoms with E-state index in [9.17, 15) is 0 Å². The van der Waals surface area contributed by atoms with E-state index in [2.05, 4.69) is 15.2 Å². The highest BCUT2D eigenvalue weighted by molar-refractivity contribution is 14.0. The second-order valence-corrected chi connectivity index (χ2v) is 4.88. The van der Waals surface area contributed by atoms with Crippen LogP contribution in [0.15, 0.2) is 23.2 Å². The first-order valence-electron chi connectivity index (χ1n) is 5.60. The van der Waals surface area contributed by atoms with Gasteiger partial charge in [0, 0.05) is 30.2 Å². The summed E-state index contributed by atoms with van der Waals surface area (Å²) in [4.78, 5) is 6.48. The van der Waals surface area contributed by atoms with Crippen molar-refractivity contribution in [3.05, 3.63) is 33.8 Å². The molecule has 1 aliphatic heterocycles. The van der Waals surface area contributed by atoms with Gasteiger partial charge in [0.1, 0.15) is 0 Å². The van der Waals surface area contributed by atoms with Gasteiger partial charge in [0.05, 0.1) is 6.54 Å². The van der Waals surface area contributed by atoms with E-state index in [-0.39, 0.29) is 24.0 Å². The number of halogens is 3. The summed E-state index contributed by atoms with van der Waals surface area (Å²) in [5, 5.41) is 4.70. The van der Waals surface area contributed by atoms with Crippen molar-refractivity contribution in [2.75, 3.05) is 26.7 Å². The number of nitrogens with zero attached hydrogens (tertiary/aromatic N) is 2. The highest BCUT2D eigenvalue weighted by Crippen LogP contribution is 2.21. The third kappa shape index (κ3) is 4.17. The van der Waals surface area contributed by atoms with Crippen molar-refractivity contribution >= 4 is 53.1 Å². The molecular weight excluding hydrogens is 384 g/mol. The Morgan fingerprint density at radius 3 is 2.78 bits per heavy atom. The lowest BCUT2D eigenvalue weighted by Crippen LogP contribution is -2.36. The molecule has 6 heteroatoms. The summed E-state index contributed by atoms with van der Waals surface area (Å²) in [6.45, 7) is 2.69. The van der Waals surface area contributed by atoms with E-state index < -0.39 is 0 Å². The number of hydrogen-bond acceptors (Lipinski definition) is 3. The van der Waals surface area contributed by atoms with Crippen molar-refractivity contribution in [2.45, 2.75) is 6.42 Å². The van der Waals surface area contributed by atoms with Gasteiger partial charge in [-0.05, 0) is 24.1 Å². The average Bonchev–Trinajstić information content (AvgIpc) is 2.68. The van der Waals surface area contributed by atoms with Gasteiger partial charge in [-0.25, -0.2) is 0 Å². The van der Waals surface area contributed by atoms with Crippen LogP contribution in [-0.4, -0.2) is 37.5 Å². The molecule has 3 nitrogen and oxygen atoms in total. The highest BCUT2D eigenvalue weighted by atomic mass is 127. The van der Waals surface area contributed by atoms with Crippen molar-refractivity contribution in [1.82, 2.24) is 10.2 Å². The molecule has 0 aliphatic carbocycles. The summed E-state index contributed by atoms with van der Waals surface area (Å²) in [5.41, 5.74) is 1.10. The van der Waals surface area contributed by atoms with E-state index in [1.54, 1.807) is 6.07 Å². The number of aliphatic imine (C=N–C) groups is 1. The monoisotopic (exact) mass is 399 g/mol. The van der Waals surface area contributed by atoms with Crippen molar-refractivity contribution in [2.24, 2.45) is 4.99 Å². The summed E-state index contributed by atoms with van der Waals surface area (Å²) in [7, 11) is 2.04. The first kappa shape index (κ1) is 15.9. The highest BCUT2D eigenvalue weighted by Gasteiger charge is 2.11. The number of rotatable bonds is 3. The molecule has 1 aromatic carbocycles. The van der Waals surface area contributed by atoms with Crippen molar-refractivity contribution < 1.29 is 0 Å². The van der Waals surface area contributed by atoms with E-state index >= 15 is 0 Å². The fourth-order valence-corrected chi connectivity index (χ4v) is 2.26. The SMILES string of the molecule is CN1CCN=C1NCCc1ccc(Cl)cc1Cl.I. The number of nitrogens with one attached hydrogen (secondary N) is 1. The quantitative estimate of drug-likeness (QED) is 0.791. The molecule has 2 rings (SSSR count). The molecule has 0 saturated carbocycles. The molecule has 1 aromatic rings. The number of likely N-dealkylation sites (N-methyl/N-ethyl adjacent to an activating group) is 1. The molecule has 0 atom stereocenters. The zero-order valence-corrected chi connectivity index (χ0v) is 14.0. The zero-order valence-electron chi connectivity index (χ0n) is 10.1. The minimum Gasteiger partial charge on any atom is -0.356 e. The standard InChI is InChI=1S/C12H15Cl2N3.HI/c1-17-7-6-16-12(17)15-5-4-9-2-3-10(13)8-11(9)14;/h2-3,8H,4-7H2,1H3,(H,15,16);1H. The molecule has 0 bridgehead atoms. The molecule has 100 valence electrons. The van der Waals surface area contributed by atoms with Gasteiger partial charge < -0.3 is 10.2 Å². The number of guanidine groups is 1. The van der Waals surface area contributed by atoms with Crippen LogP contribution in [0, 0.1) is 0 Å². The van der Waals surface area contributed by atoms with Gasteiger partial charge in [0.15, 0.2) is 5.96 Å². The molecule has 0 unspecified atom stereocenters. The molecule has 1 heterocycles. The number of hydrogen-bond donors (Lipinski definition) is 1. The predicted molar refractivity (Wildman–Crippen MR) is 88.5 cm³/mol. The zero-order chi connectivity index (χ0) is 12.3. The first-order chi connectivity index (χ1) is 8.16. The van der Waals surface area contributed by atoms with Crippen LogP contribution in [0.25, 0.3) is 0 Å². The molecule has 1 N–H and O–H groups in total. The Labute approximate surface area is 135 Å². The predicted octanol–water partition coefficient (Wildman–Crippen LogP) is 3.04. The largest absolute Gasteiger partial charge is 0.356 e. The molecule has 0 fully saturated rings. The fraction of sp³-hybridized carbons (Fsp3) is 0.417. The van der Waals surface area contributed by atoms with Crippen LogP contribution in [-0.2, 0) is 6.42 Å². The Bertz CT molecular complexity index is 437. The molecule has 0 amide bonds. The minimum atomic E-state index is 0. The van der Waals surface area contributed by atoms with Gasteiger partial charge in [-0.2, -0.15) is 0 Å². The third-order valence-corrected chi connectivity index (χ3v) is 3.34. The van der Waals surface area contributed by atoms with Crippen molar-refractivity contribution in [3.8, 4) is 0 Å². The summed E-state index contributed by atoms with van der Waals surface area (Å²) in [5.74, 6) is 0.968. The van der Waals surface area contributed by atoms with Crippen LogP contribution in [0.4, 0.5) is 0 Å². The summed E-state index contributed by atoms with van der Waals surface area (Å²) in [6, 6.07) is 5.60. The van der Waals surface area contributed by atoms with Gasteiger partial charge in [-0.3, -0.25) is 4.99 Å². The summed E-state index contributed by atoms with van der Waals surface area (Å²) < 4.78 is 0. The van der Waals surface area contributed by atoms with E-state index in [0.717, 1.165) is 42.6 Å². The minimum absolute atomic E-state index is 0. The molecule has 18 heavy (non-hydrogen) atoms. The molecule has 0 aromatic heterocycles. The van der Waals surface area contributed by atoms with Gasteiger partial charge >= 0.3 is 0 Å². The lowest BCUT2D eigenvalue weighted by atomic mass is 10.1. The normalized spacial score (nSPS) is 14.2. The van der Waals surface area contributed by atoms with Crippen LogP contribution < -0.4 is 5.32 Å². The van der Waals surface area contributed by atoms with Crippen LogP contribution in [0.2, 0.25) is 10.0 Å². The lowest BCUT2D eigenvalue weighted by molar-refractivity contribution is 0.534. The van der Waals surface area contributed by atoms with E-state index in [0.29, 0.717) is 5.02 Å². The summed E-state index contributed by atoms with van der Waals surface area (Å²) >= 11 is 11.9. The Kier molecular flexibility index (Phi) is 6.52. The fourth-order valence-electron chi connectivity index (χ4n) is 1.76. The van der Waals surface area contributed by atoms with Gasteiger partial charge in [-0.15, -0.1) is 24.0 Å². The Hall–Kier alpha value is -0.200. The first-order valence-corrected chi connectivity index (χ1v) is 6.36. The van der Waals surface area contributed by atoms with E-state index in [4.69, 9.17) is 23.2 Å². The van der Waals surface area contributed by atoms with Crippen molar-refractivity contribution in [1.29, 1.82) is 0 Å². The smallest absolute Gasteiger partial charge is 0.193 e. The average molecular weight is 400 g/mol. The number of benzene rings is 1. The Morgan fingerprint density at radius 2 is 2.17 bits per heavy atom. The maximum atomic E-state index is 6.10. The van der Waals surface area contributed by atoms with Crippen LogP contribution in [0.5, 0.6) is 0 Å². The second kappa shape index (κ2) is 7.40. The van der Waals surface area contributed by atoms with E-state index in [1.807, 2.05) is 19.2 Å². The summed E-state index contributed by atoms with van der Waals surface area (Å²) in [6.07, 6.45) is 0.864. The topological polar surface area (TPSA) is 27.6 Å². The lowest BCUT2D eigenvalue weighted by Gasteiger charge is -2.15. The van der Waals surface area contributed by atoms with Gasteiger partial charge in [0.2, 0.25) is 0 Å². The van der Waals surface area contributed by atoms with E-state index in [1.165, 1.54) is 0 Å². The third-order valence-electron chi connectivity index (χ3n) is 2.75. The molecule has 0 radical (unpaired) electrons. The molecule has 1 aliphatic rings. The van der Waals surface area contributed by atoms with Crippen LogP contribution >= 0.6 is 47.2 Å². The van der Waals surface area contributed by atoms with Gasteiger partial charge in [-0.1, -0.05) is 29.3 Å². The Morgan fingerprint density at radius 1 is 1.39 bits per heavy atom. The maximum absolute atomic E-state index is 6.10. The Balaban J connectivity index is 0.00000162. The molecule has 0 saturated heterocycles. The second-order valence-electron chi connectivity index (χ2n) is 4.04. The molecular formula is C12H16Cl2IN3. The van der Waals surface area contributed by atoms with Gasteiger partial charge in [0.25, 0.3) is 0 Å². The van der Waals surface area contributed by atoms with Crippen LogP contribution in [0.1, 0.15) is 5.56 Å².